The molecule has 34 heavy (non-hydrogen) atoms. The van der Waals surface area contributed by atoms with E-state index in [1.54, 1.807) is 10.9 Å². The van der Waals surface area contributed by atoms with Gasteiger partial charge in [-0.05, 0) is 49.8 Å². The Morgan fingerprint density at radius 3 is 2.59 bits per heavy atom. The predicted molar refractivity (Wildman–Crippen MR) is 112 cm³/mol. The third-order valence-electron chi connectivity index (χ3n) is 5.81. The standard InChI is InChI=1S/C22H21F5N4O3/c23-21(24)34-18-9-16-13(10-31(30-16)14-6-4-12(11-32)5-7-14)8-17(18)29-20(33)15-2-1-3-19(28-15)22(25,26)27/h1-3,8-10,12,14,21,32H,4-7,11H2,(H,29,33)/t12-,14-. The number of benzene rings is 1. The number of nitrogens with zero attached hydrogens (tertiary/aromatic N) is 3. The number of hydrogen-bond donors (Lipinski definition) is 2. The normalized spacial score (nSPS) is 18.9. The fourth-order valence-electron chi connectivity index (χ4n) is 4.05. The van der Waals surface area contributed by atoms with Crippen molar-refractivity contribution in [3.05, 3.63) is 47.9 Å². The lowest BCUT2D eigenvalue weighted by atomic mass is 9.87. The SMILES string of the molecule is O=C(Nc1cc2cn([C@H]3CC[C@H](CO)CC3)nc2cc1OC(F)F)c1cccc(C(F)(F)F)n1. The van der Waals surface area contributed by atoms with Crippen LogP contribution in [0.3, 0.4) is 0 Å². The molecular formula is C22H21F5N4O3. The van der Waals surface area contributed by atoms with Crippen molar-refractivity contribution in [2.24, 2.45) is 5.92 Å². The Bertz CT molecular complexity index is 1170. The highest BCUT2D eigenvalue weighted by Gasteiger charge is 2.33. The van der Waals surface area contributed by atoms with Crippen LogP contribution in [-0.4, -0.2) is 39.0 Å². The lowest BCUT2D eigenvalue weighted by Gasteiger charge is -2.27. The number of rotatable bonds is 6. The molecular weight excluding hydrogens is 463 g/mol. The molecule has 2 aromatic heterocycles. The molecule has 0 aliphatic heterocycles. The molecule has 4 rings (SSSR count). The molecule has 7 nitrogen and oxygen atoms in total. The Hall–Kier alpha value is -3.28. The van der Waals surface area contributed by atoms with Crippen molar-refractivity contribution in [1.82, 2.24) is 14.8 Å². The number of anilines is 1. The van der Waals surface area contributed by atoms with Gasteiger partial charge in [0.1, 0.15) is 11.4 Å². The van der Waals surface area contributed by atoms with Gasteiger partial charge in [-0.3, -0.25) is 9.48 Å². The summed E-state index contributed by atoms with van der Waals surface area (Å²) in [6, 6.07) is 5.52. The number of carbonyl (C=O) groups excluding carboxylic acids is 1. The van der Waals surface area contributed by atoms with Crippen molar-refractivity contribution >= 4 is 22.5 Å². The van der Waals surface area contributed by atoms with E-state index in [4.69, 9.17) is 0 Å². The van der Waals surface area contributed by atoms with Gasteiger partial charge < -0.3 is 15.2 Å². The van der Waals surface area contributed by atoms with E-state index in [1.807, 2.05) is 0 Å². The van der Waals surface area contributed by atoms with Crippen LogP contribution < -0.4 is 10.1 Å². The molecule has 2 heterocycles. The molecule has 12 heteroatoms. The molecule has 0 spiro atoms. The first kappa shape index (κ1) is 23.9. The minimum absolute atomic E-state index is 0.0713. The van der Waals surface area contributed by atoms with E-state index in [0.29, 0.717) is 10.9 Å². The summed E-state index contributed by atoms with van der Waals surface area (Å²) < 4.78 is 71.0. The maximum Gasteiger partial charge on any atom is 0.433 e. The van der Waals surface area contributed by atoms with Gasteiger partial charge in [-0.2, -0.15) is 27.1 Å². The highest BCUT2D eigenvalue weighted by Crippen LogP contribution is 2.35. The van der Waals surface area contributed by atoms with Crippen molar-refractivity contribution in [3.8, 4) is 5.75 Å². The maximum absolute atomic E-state index is 13.0. The molecule has 1 saturated carbocycles. The molecule has 0 radical (unpaired) electrons. The number of nitrogens with one attached hydrogen (secondary N) is 1. The first-order chi connectivity index (χ1) is 16.1. The maximum atomic E-state index is 13.0. The van der Waals surface area contributed by atoms with Crippen LogP contribution in [-0.2, 0) is 6.18 Å². The van der Waals surface area contributed by atoms with Gasteiger partial charge in [0.15, 0.2) is 5.75 Å². The van der Waals surface area contributed by atoms with Crippen molar-refractivity contribution in [2.75, 3.05) is 11.9 Å². The summed E-state index contributed by atoms with van der Waals surface area (Å²) in [5, 5.41) is 16.6. The van der Waals surface area contributed by atoms with Gasteiger partial charge in [0, 0.05) is 24.3 Å². The Morgan fingerprint density at radius 1 is 1.21 bits per heavy atom. The molecule has 3 aromatic rings. The van der Waals surface area contributed by atoms with Crippen molar-refractivity contribution in [3.63, 3.8) is 0 Å². The topological polar surface area (TPSA) is 89.3 Å². The first-order valence-electron chi connectivity index (χ1n) is 10.6. The van der Waals surface area contributed by atoms with Gasteiger partial charge in [0.05, 0.1) is 17.2 Å². The minimum atomic E-state index is -4.75. The monoisotopic (exact) mass is 484 g/mol. The number of pyridine rings is 1. The second-order valence-electron chi connectivity index (χ2n) is 8.11. The molecule has 1 aliphatic carbocycles. The van der Waals surface area contributed by atoms with Gasteiger partial charge >= 0.3 is 12.8 Å². The van der Waals surface area contributed by atoms with Crippen LogP contribution in [0, 0.1) is 5.92 Å². The van der Waals surface area contributed by atoms with E-state index in [9.17, 15) is 31.9 Å². The van der Waals surface area contributed by atoms with E-state index >= 15 is 0 Å². The Morgan fingerprint density at radius 2 is 1.94 bits per heavy atom. The molecule has 1 aliphatic rings. The summed E-state index contributed by atoms with van der Waals surface area (Å²) in [6.07, 6.45) is 0.229. The quantitative estimate of drug-likeness (QED) is 0.480. The number of aromatic nitrogens is 3. The van der Waals surface area contributed by atoms with Crippen LogP contribution in [0.4, 0.5) is 27.6 Å². The van der Waals surface area contributed by atoms with Crippen molar-refractivity contribution in [1.29, 1.82) is 0 Å². The number of amides is 1. The molecule has 182 valence electrons. The second-order valence-corrected chi connectivity index (χ2v) is 8.11. The summed E-state index contributed by atoms with van der Waals surface area (Å²) in [5.41, 5.74) is -1.58. The van der Waals surface area contributed by atoms with Crippen LogP contribution in [0.5, 0.6) is 5.75 Å². The molecule has 0 saturated heterocycles. The number of hydrogen-bond acceptors (Lipinski definition) is 5. The zero-order valence-electron chi connectivity index (χ0n) is 17.7. The fourth-order valence-corrected chi connectivity index (χ4v) is 4.05. The van der Waals surface area contributed by atoms with Gasteiger partial charge in [-0.25, -0.2) is 4.98 Å². The number of aliphatic hydroxyl groups excluding tert-OH is 1. The van der Waals surface area contributed by atoms with E-state index in [-0.39, 0.29) is 30.0 Å². The van der Waals surface area contributed by atoms with Crippen molar-refractivity contribution < 1.29 is 36.6 Å². The Balaban J connectivity index is 1.62. The average molecular weight is 484 g/mol. The zero-order valence-corrected chi connectivity index (χ0v) is 17.7. The molecule has 0 unspecified atom stereocenters. The number of aliphatic hydroxyl groups is 1. The smallest absolute Gasteiger partial charge is 0.433 e. The van der Waals surface area contributed by atoms with Crippen LogP contribution in [0.2, 0.25) is 0 Å². The average Bonchev–Trinajstić information content (AvgIpc) is 3.21. The van der Waals surface area contributed by atoms with Gasteiger partial charge in [0.2, 0.25) is 0 Å². The zero-order chi connectivity index (χ0) is 24.5. The fraction of sp³-hybridized carbons (Fsp3) is 0.409. The first-order valence-corrected chi connectivity index (χ1v) is 10.6. The summed E-state index contributed by atoms with van der Waals surface area (Å²) in [6.45, 7) is -3.07. The second kappa shape index (κ2) is 9.53. The molecule has 1 aromatic carbocycles. The number of halogens is 5. The molecule has 0 bridgehead atoms. The number of carbonyl (C=O) groups is 1. The Labute approximate surface area is 190 Å². The van der Waals surface area contributed by atoms with Crippen LogP contribution in [0.1, 0.15) is 47.9 Å². The van der Waals surface area contributed by atoms with Gasteiger partial charge in [0.25, 0.3) is 5.91 Å². The highest BCUT2D eigenvalue weighted by atomic mass is 19.4. The van der Waals surface area contributed by atoms with E-state index < -0.39 is 30.1 Å². The molecule has 1 amide bonds. The Kier molecular flexibility index (Phi) is 6.69. The molecule has 1 fully saturated rings. The molecule has 0 atom stereocenters. The summed E-state index contributed by atoms with van der Waals surface area (Å²) >= 11 is 0. The van der Waals surface area contributed by atoms with Crippen molar-refractivity contribution in [2.45, 2.75) is 44.5 Å². The largest absolute Gasteiger partial charge is 0.433 e. The highest BCUT2D eigenvalue weighted by molar-refractivity contribution is 6.05. The number of ether oxygens (including phenoxy) is 1. The summed E-state index contributed by atoms with van der Waals surface area (Å²) in [4.78, 5) is 15.9. The third kappa shape index (κ3) is 5.27. The van der Waals surface area contributed by atoms with E-state index in [0.717, 1.165) is 43.9 Å². The lowest BCUT2D eigenvalue weighted by Crippen LogP contribution is -2.20. The van der Waals surface area contributed by atoms with Crippen LogP contribution in [0.25, 0.3) is 10.9 Å². The van der Waals surface area contributed by atoms with Gasteiger partial charge in [-0.15, -0.1) is 0 Å². The van der Waals surface area contributed by atoms with Crippen LogP contribution in [0.15, 0.2) is 36.5 Å². The van der Waals surface area contributed by atoms with Gasteiger partial charge in [-0.1, -0.05) is 6.07 Å². The van der Waals surface area contributed by atoms with E-state index in [1.165, 1.54) is 12.1 Å². The third-order valence-corrected chi connectivity index (χ3v) is 5.81. The number of fused-ring (bicyclic) bond motifs is 1. The van der Waals surface area contributed by atoms with E-state index in [2.05, 4.69) is 20.1 Å². The lowest BCUT2D eigenvalue weighted by molar-refractivity contribution is -0.141. The summed E-state index contributed by atoms with van der Waals surface area (Å²) in [7, 11) is 0. The minimum Gasteiger partial charge on any atom is -0.433 e. The van der Waals surface area contributed by atoms with Crippen LogP contribution >= 0.6 is 0 Å². The summed E-state index contributed by atoms with van der Waals surface area (Å²) in [5.74, 6) is -1.14. The number of alkyl halides is 5. The predicted octanol–water partition coefficient (Wildman–Crippen LogP) is 5.03. The molecule has 2 N–H and O–H groups in total.